The molecule has 0 saturated carbocycles. The van der Waals surface area contributed by atoms with Crippen molar-refractivity contribution in [1.82, 2.24) is 0 Å². The Morgan fingerprint density at radius 3 is 2.23 bits per heavy atom. The summed E-state index contributed by atoms with van der Waals surface area (Å²) < 4.78 is 5.44. The summed E-state index contributed by atoms with van der Waals surface area (Å²) in [5, 5.41) is 9.72. The molecular formula is C18H23NO3. The van der Waals surface area contributed by atoms with Gasteiger partial charge >= 0.3 is 5.97 Å². The maximum atomic E-state index is 12.7. The molecule has 1 atom stereocenters. The van der Waals surface area contributed by atoms with Gasteiger partial charge in [0.25, 0.3) is 0 Å². The van der Waals surface area contributed by atoms with Crippen molar-refractivity contribution in [2.45, 2.75) is 58.0 Å². The number of esters is 1. The Bertz CT molecular complexity index is 566. The maximum absolute atomic E-state index is 12.7. The molecule has 0 aliphatic rings. The summed E-state index contributed by atoms with van der Waals surface area (Å²) in [6.45, 7) is 7.05. The van der Waals surface area contributed by atoms with Crippen LogP contribution in [0.2, 0.25) is 0 Å². The van der Waals surface area contributed by atoms with E-state index >= 15 is 0 Å². The molecule has 0 amide bonds. The standard InChI is InChI=1S/C18H23NO3/c1-5-15(20)11-12-18(13-19,14-9-7-6-8-10-14)16(21)22-17(2,3)4/h6-10H,5,11-12H2,1-4H3/t18-/m0/s1. The molecule has 0 radical (unpaired) electrons. The van der Waals surface area contributed by atoms with Gasteiger partial charge in [-0.3, -0.25) is 4.79 Å². The molecule has 0 aliphatic carbocycles. The monoisotopic (exact) mass is 301 g/mol. The van der Waals surface area contributed by atoms with E-state index < -0.39 is 17.0 Å². The second-order valence-electron chi connectivity index (χ2n) is 6.28. The second kappa shape index (κ2) is 7.22. The molecule has 1 aromatic carbocycles. The van der Waals surface area contributed by atoms with Crippen molar-refractivity contribution in [3.05, 3.63) is 35.9 Å². The number of carbonyl (C=O) groups excluding carboxylic acids is 2. The van der Waals surface area contributed by atoms with Gasteiger partial charge in [-0.2, -0.15) is 5.26 Å². The van der Waals surface area contributed by atoms with Crippen LogP contribution in [-0.4, -0.2) is 17.4 Å². The van der Waals surface area contributed by atoms with Crippen molar-refractivity contribution in [2.24, 2.45) is 0 Å². The van der Waals surface area contributed by atoms with Crippen LogP contribution in [0.3, 0.4) is 0 Å². The Kier molecular flexibility index (Phi) is 5.87. The topological polar surface area (TPSA) is 67.2 Å². The van der Waals surface area contributed by atoms with Crippen LogP contribution in [0.4, 0.5) is 0 Å². The largest absolute Gasteiger partial charge is 0.459 e. The number of hydrogen-bond donors (Lipinski definition) is 0. The average Bonchev–Trinajstić information content (AvgIpc) is 2.47. The van der Waals surface area contributed by atoms with Gasteiger partial charge in [0, 0.05) is 12.8 Å². The van der Waals surface area contributed by atoms with Crippen LogP contribution in [0.1, 0.15) is 52.5 Å². The lowest BCUT2D eigenvalue weighted by Gasteiger charge is -2.29. The van der Waals surface area contributed by atoms with Crippen molar-refractivity contribution in [1.29, 1.82) is 5.26 Å². The van der Waals surface area contributed by atoms with E-state index in [1.165, 1.54) is 0 Å². The zero-order valence-corrected chi connectivity index (χ0v) is 13.7. The van der Waals surface area contributed by atoms with Crippen molar-refractivity contribution in [3.8, 4) is 6.07 Å². The number of nitriles is 1. The number of rotatable bonds is 6. The number of hydrogen-bond acceptors (Lipinski definition) is 4. The number of carbonyl (C=O) groups is 2. The lowest BCUT2D eigenvalue weighted by atomic mass is 9.77. The fourth-order valence-corrected chi connectivity index (χ4v) is 2.12. The Morgan fingerprint density at radius 2 is 1.77 bits per heavy atom. The van der Waals surface area contributed by atoms with Crippen LogP contribution >= 0.6 is 0 Å². The molecule has 0 heterocycles. The molecule has 0 bridgehead atoms. The summed E-state index contributed by atoms with van der Waals surface area (Å²) in [6, 6.07) is 10.9. The third kappa shape index (κ3) is 4.42. The fourth-order valence-electron chi connectivity index (χ4n) is 2.12. The first kappa shape index (κ1) is 17.9. The van der Waals surface area contributed by atoms with Gasteiger partial charge in [0.1, 0.15) is 11.4 Å². The molecule has 0 fully saturated rings. The van der Waals surface area contributed by atoms with Crippen LogP contribution in [-0.2, 0) is 19.7 Å². The van der Waals surface area contributed by atoms with Gasteiger partial charge in [-0.25, -0.2) is 4.79 Å². The summed E-state index contributed by atoms with van der Waals surface area (Å²) in [5.41, 5.74) is -1.57. The predicted octanol–water partition coefficient (Wildman–Crippen LogP) is 3.55. The zero-order valence-electron chi connectivity index (χ0n) is 13.7. The minimum absolute atomic E-state index is 0.0270. The normalized spacial score (nSPS) is 13.8. The van der Waals surface area contributed by atoms with E-state index in [1.54, 1.807) is 52.0 Å². The molecule has 0 saturated heterocycles. The van der Waals surface area contributed by atoms with Crippen LogP contribution in [0.15, 0.2) is 30.3 Å². The highest BCUT2D eigenvalue weighted by atomic mass is 16.6. The summed E-state index contributed by atoms with van der Waals surface area (Å²) in [4.78, 5) is 24.3. The molecule has 0 unspecified atom stereocenters. The molecule has 4 nitrogen and oxygen atoms in total. The maximum Gasteiger partial charge on any atom is 0.331 e. The minimum Gasteiger partial charge on any atom is -0.459 e. The molecule has 1 rings (SSSR count). The lowest BCUT2D eigenvalue weighted by Crippen LogP contribution is -2.40. The highest BCUT2D eigenvalue weighted by Crippen LogP contribution is 2.32. The van der Waals surface area contributed by atoms with Gasteiger partial charge in [-0.1, -0.05) is 37.3 Å². The van der Waals surface area contributed by atoms with E-state index in [0.29, 0.717) is 12.0 Å². The molecule has 0 N–H and O–H groups in total. The number of Topliss-reactive ketones (excluding diaryl/α,β-unsaturated/α-hetero) is 1. The predicted molar refractivity (Wildman–Crippen MR) is 84.1 cm³/mol. The molecule has 4 heteroatoms. The van der Waals surface area contributed by atoms with E-state index in [2.05, 4.69) is 6.07 Å². The van der Waals surface area contributed by atoms with Crippen LogP contribution in [0.25, 0.3) is 0 Å². The summed E-state index contributed by atoms with van der Waals surface area (Å²) >= 11 is 0. The van der Waals surface area contributed by atoms with Gasteiger partial charge < -0.3 is 4.74 Å². The van der Waals surface area contributed by atoms with Crippen molar-refractivity contribution in [3.63, 3.8) is 0 Å². The third-order valence-electron chi connectivity index (χ3n) is 3.38. The van der Waals surface area contributed by atoms with Crippen LogP contribution in [0.5, 0.6) is 0 Å². The minimum atomic E-state index is -1.45. The first-order valence-electron chi connectivity index (χ1n) is 7.47. The average molecular weight is 301 g/mol. The third-order valence-corrected chi connectivity index (χ3v) is 3.38. The molecule has 0 aromatic heterocycles. The van der Waals surface area contributed by atoms with E-state index in [1.807, 2.05) is 6.07 Å². The molecular weight excluding hydrogens is 278 g/mol. The van der Waals surface area contributed by atoms with Gasteiger partial charge in [0.05, 0.1) is 6.07 Å². The van der Waals surface area contributed by atoms with Gasteiger partial charge in [0.2, 0.25) is 0 Å². The highest BCUT2D eigenvalue weighted by molar-refractivity contribution is 5.88. The first-order valence-corrected chi connectivity index (χ1v) is 7.47. The molecule has 0 spiro atoms. The number of nitrogens with zero attached hydrogens (tertiary/aromatic N) is 1. The summed E-state index contributed by atoms with van der Waals surface area (Å²) in [6.07, 6.45) is 0.706. The van der Waals surface area contributed by atoms with Gasteiger partial charge in [-0.05, 0) is 32.8 Å². The number of ketones is 1. The summed E-state index contributed by atoms with van der Waals surface area (Å²) in [7, 11) is 0. The van der Waals surface area contributed by atoms with Gasteiger partial charge in [0.15, 0.2) is 5.41 Å². The Balaban J connectivity index is 3.21. The first-order chi connectivity index (χ1) is 10.2. The molecule has 118 valence electrons. The lowest BCUT2D eigenvalue weighted by molar-refractivity contribution is -0.160. The van der Waals surface area contributed by atoms with Crippen LogP contribution < -0.4 is 0 Å². The van der Waals surface area contributed by atoms with Crippen molar-refractivity contribution < 1.29 is 14.3 Å². The number of ether oxygens (including phenoxy) is 1. The van der Waals surface area contributed by atoms with E-state index in [4.69, 9.17) is 4.74 Å². The quantitative estimate of drug-likeness (QED) is 0.754. The highest BCUT2D eigenvalue weighted by Gasteiger charge is 2.43. The van der Waals surface area contributed by atoms with Crippen LogP contribution in [0, 0.1) is 11.3 Å². The molecule has 0 aliphatic heterocycles. The Hall–Kier alpha value is -2.15. The SMILES string of the molecule is CCC(=O)CC[C@@](C#N)(C(=O)OC(C)(C)C)c1ccccc1. The van der Waals surface area contributed by atoms with Crippen molar-refractivity contribution >= 4 is 11.8 Å². The van der Waals surface area contributed by atoms with E-state index in [-0.39, 0.29) is 18.6 Å². The smallest absolute Gasteiger partial charge is 0.331 e. The molecule has 22 heavy (non-hydrogen) atoms. The van der Waals surface area contributed by atoms with E-state index in [9.17, 15) is 14.9 Å². The van der Waals surface area contributed by atoms with Gasteiger partial charge in [-0.15, -0.1) is 0 Å². The zero-order chi connectivity index (χ0) is 16.8. The molecule has 1 aromatic rings. The fraction of sp³-hybridized carbons (Fsp3) is 0.500. The van der Waals surface area contributed by atoms with Crippen molar-refractivity contribution in [2.75, 3.05) is 0 Å². The number of benzene rings is 1. The Morgan fingerprint density at radius 1 is 1.18 bits per heavy atom. The second-order valence-corrected chi connectivity index (χ2v) is 6.28. The Labute approximate surface area is 132 Å². The van der Waals surface area contributed by atoms with E-state index in [0.717, 1.165) is 0 Å². The summed E-state index contributed by atoms with van der Waals surface area (Å²) in [5.74, 6) is -0.572.